The molecule has 5 nitrogen and oxygen atoms in total. The molecule has 3 rings (SSSR count). The predicted octanol–water partition coefficient (Wildman–Crippen LogP) is 3.98. The van der Waals surface area contributed by atoms with E-state index in [9.17, 15) is 5.11 Å². The van der Waals surface area contributed by atoms with Crippen molar-refractivity contribution in [2.45, 2.75) is 25.4 Å². The third-order valence-corrected chi connectivity index (χ3v) is 4.20. The Kier molecular flexibility index (Phi) is 7.52. The molecule has 2 atom stereocenters. The van der Waals surface area contributed by atoms with Crippen LogP contribution in [0.5, 0.6) is 11.5 Å². The summed E-state index contributed by atoms with van der Waals surface area (Å²) in [5.41, 5.74) is 6.76. The number of hydrogen-bond donors (Lipinski definition) is 3. The van der Waals surface area contributed by atoms with E-state index in [4.69, 9.17) is 10.5 Å². The highest BCUT2D eigenvalue weighted by atomic mass is 127. The minimum atomic E-state index is -0.246. The second-order valence-electron chi connectivity index (χ2n) is 6.05. The summed E-state index contributed by atoms with van der Waals surface area (Å²) < 4.78 is 5.80. The highest BCUT2D eigenvalue weighted by molar-refractivity contribution is 14.0. The minimum Gasteiger partial charge on any atom is -0.457 e. The van der Waals surface area contributed by atoms with Crippen LogP contribution >= 0.6 is 24.0 Å². The van der Waals surface area contributed by atoms with Crippen molar-refractivity contribution in [2.24, 2.45) is 16.6 Å². The Morgan fingerprint density at radius 3 is 2.60 bits per heavy atom. The molecule has 0 radical (unpaired) electrons. The predicted molar refractivity (Wildman–Crippen MR) is 112 cm³/mol. The summed E-state index contributed by atoms with van der Waals surface area (Å²) in [5.74, 6) is 2.08. The fourth-order valence-electron chi connectivity index (χ4n) is 2.90. The van der Waals surface area contributed by atoms with Crippen LogP contribution in [-0.4, -0.2) is 23.7 Å². The van der Waals surface area contributed by atoms with Gasteiger partial charge in [0, 0.05) is 24.2 Å². The molecule has 4 N–H and O–H groups in total. The molecule has 0 heterocycles. The second kappa shape index (κ2) is 9.62. The first-order chi connectivity index (χ1) is 11.7. The number of aliphatic hydroxyl groups is 1. The van der Waals surface area contributed by atoms with Crippen LogP contribution in [0.15, 0.2) is 59.6 Å². The number of para-hydroxylation sites is 1. The first-order valence-electron chi connectivity index (χ1n) is 8.29. The van der Waals surface area contributed by atoms with Crippen LogP contribution in [0.1, 0.15) is 19.3 Å². The van der Waals surface area contributed by atoms with E-state index in [1.165, 1.54) is 0 Å². The zero-order valence-electron chi connectivity index (χ0n) is 14.0. The van der Waals surface area contributed by atoms with E-state index < -0.39 is 0 Å². The average molecular weight is 453 g/mol. The van der Waals surface area contributed by atoms with Gasteiger partial charge in [0.2, 0.25) is 0 Å². The van der Waals surface area contributed by atoms with Crippen LogP contribution in [0.2, 0.25) is 0 Å². The lowest BCUT2D eigenvalue weighted by molar-refractivity contribution is 0.137. The van der Waals surface area contributed by atoms with Gasteiger partial charge in [-0.05, 0) is 37.1 Å². The number of guanidine groups is 1. The van der Waals surface area contributed by atoms with Crippen LogP contribution in [-0.2, 0) is 0 Å². The van der Waals surface area contributed by atoms with Gasteiger partial charge in [-0.15, -0.1) is 24.0 Å². The number of nitrogens with zero attached hydrogens (tertiary/aromatic N) is 1. The van der Waals surface area contributed by atoms with Crippen molar-refractivity contribution in [1.29, 1.82) is 0 Å². The number of hydrogen-bond acceptors (Lipinski definition) is 3. The molecule has 0 aromatic heterocycles. The number of nitrogens with two attached hydrogens (primary N) is 1. The number of rotatable bonds is 5. The molecule has 2 unspecified atom stereocenters. The molecule has 134 valence electrons. The summed E-state index contributed by atoms with van der Waals surface area (Å²) in [6.07, 6.45) is 2.70. The lowest BCUT2D eigenvalue weighted by Crippen LogP contribution is -2.25. The van der Waals surface area contributed by atoms with E-state index >= 15 is 0 Å². The molecule has 6 heteroatoms. The summed E-state index contributed by atoms with van der Waals surface area (Å²) in [6, 6.07) is 17.2. The maximum absolute atomic E-state index is 9.82. The smallest absolute Gasteiger partial charge is 0.193 e. The third kappa shape index (κ3) is 5.89. The summed E-state index contributed by atoms with van der Waals surface area (Å²) in [4.78, 5) is 4.35. The average Bonchev–Trinajstić information content (AvgIpc) is 2.99. The molecular weight excluding hydrogens is 429 g/mol. The van der Waals surface area contributed by atoms with Crippen molar-refractivity contribution in [3.05, 3.63) is 54.6 Å². The van der Waals surface area contributed by atoms with Gasteiger partial charge in [-0.25, -0.2) is 0 Å². The summed E-state index contributed by atoms with van der Waals surface area (Å²) in [7, 11) is 0. The van der Waals surface area contributed by atoms with Gasteiger partial charge in [0.05, 0.1) is 6.10 Å². The fourth-order valence-corrected chi connectivity index (χ4v) is 2.90. The van der Waals surface area contributed by atoms with Gasteiger partial charge in [-0.3, -0.25) is 4.99 Å². The Hall–Kier alpha value is -1.80. The van der Waals surface area contributed by atoms with Gasteiger partial charge >= 0.3 is 0 Å². The molecule has 1 saturated carbocycles. The zero-order chi connectivity index (χ0) is 16.8. The quantitative estimate of drug-likeness (QED) is 0.364. The van der Waals surface area contributed by atoms with Crippen LogP contribution in [0.4, 0.5) is 5.69 Å². The van der Waals surface area contributed by atoms with Crippen LogP contribution in [0.25, 0.3) is 0 Å². The molecule has 0 aliphatic heterocycles. The highest BCUT2D eigenvalue weighted by Gasteiger charge is 2.24. The number of nitrogens with one attached hydrogen (secondary N) is 1. The Balaban J connectivity index is 0.00000225. The molecule has 0 amide bonds. The molecule has 2 aromatic carbocycles. The van der Waals surface area contributed by atoms with E-state index in [-0.39, 0.29) is 36.0 Å². The normalized spacial score (nSPS) is 20.0. The van der Waals surface area contributed by atoms with Crippen molar-refractivity contribution >= 4 is 35.6 Å². The van der Waals surface area contributed by atoms with Crippen molar-refractivity contribution in [1.82, 2.24) is 0 Å². The fraction of sp³-hybridized carbons (Fsp3) is 0.316. The second-order valence-corrected chi connectivity index (χ2v) is 6.05. The van der Waals surface area contributed by atoms with E-state index in [0.717, 1.165) is 36.4 Å². The molecular formula is C19H24IN3O2. The molecule has 1 fully saturated rings. The monoisotopic (exact) mass is 453 g/mol. The molecule has 0 saturated heterocycles. The van der Waals surface area contributed by atoms with Gasteiger partial charge in [0.1, 0.15) is 11.5 Å². The number of anilines is 1. The molecule has 1 aliphatic carbocycles. The highest BCUT2D eigenvalue weighted by Crippen LogP contribution is 2.26. The van der Waals surface area contributed by atoms with Crippen molar-refractivity contribution in [2.75, 3.05) is 11.9 Å². The Bertz CT molecular complexity index is 694. The lowest BCUT2D eigenvalue weighted by atomic mass is 10.1. The minimum absolute atomic E-state index is 0. The largest absolute Gasteiger partial charge is 0.457 e. The number of aliphatic hydroxyl groups excluding tert-OH is 1. The Morgan fingerprint density at radius 1 is 1.12 bits per heavy atom. The topological polar surface area (TPSA) is 79.9 Å². The van der Waals surface area contributed by atoms with E-state index in [0.29, 0.717) is 12.5 Å². The molecule has 25 heavy (non-hydrogen) atoms. The first-order valence-corrected chi connectivity index (χ1v) is 8.29. The van der Waals surface area contributed by atoms with Crippen molar-refractivity contribution in [3.63, 3.8) is 0 Å². The first kappa shape index (κ1) is 19.5. The maximum Gasteiger partial charge on any atom is 0.193 e. The van der Waals surface area contributed by atoms with Gasteiger partial charge < -0.3 is 20.9 Å². The van der Waals surface area contributed by atoms with Gasteiger partial charge in [0.25, 0.3) is 0 Å². The summed E-state index contributed by atoms with van der Waals surface area (Å²) in [6.45, 7) is 0.556. The number of benzene rings is 2. The van der Waals surface area contributed by atoms with Crippen molar-refractivity contribution in [3.8, 4) is 11.5 Å². The Morgan fingerprint density at radius 2 is 1.88 bits per heavy atom. The molecule has 0 bridgehead atoms. The standard InChI is InChI=1S/C19H23N3O2.HI/c20-19(21-13-14-6-4-11-18(14)23)22-15-7-5-10-17(12-15)24-16-8-2-1-3-9-16;/h1-3,5,7-10,12,14,18,23H,4,6,11,13H2,(H3,20,21,22);1H. The molecule has 2 aromatic rings. The lowest BCUT2D eigenvalue weighted by Gasteiger charge is -2.12. The van der Waals surface area contributed by atoms with E-state index in [2.05, 4.69) is 10.3 Å². The number of halogens is 1. The molecule has 1 aliphatic rings. The third-order valence-electron chi connectivity index (χ3n) is 4.20. The Labute approximate surface area is 165 Å². The van der Waals surface area contributed by atoms with Gasteiger partial charge in [-0.1, -0.05) is 30.7 Å². The van der Waals surface area contributed by atoms with Gasteiger partial charge in [-0.2, -0.15) is 0 Å². The van der Waals surface area contributed by atoms with Gasteiger partial charge in [0.15, 0.2) is 5.96 Å². The summed E-state index contributed by atoms with van der Waals surface area (Å²) in [5, 5.41) is 12.9. The maximum atomic E-state index is 9.82. The SMILES string of the molecule is I.NC(=NCC1CCCC1O)Nc1cccc(Oc2ccccc2)c1. The molecule has 0 spiro atoms. The van der Waals surface area contributed by atoms with Crippen LogP contribution in [0, 0.1) is 5.92 Å². The number of aliphatic imine (C=N–C) groups is 1. The van der Waals surface area contributed by atoms with E-state index in [1.807, 2.05) is 54.6 Å². The summed E-state index contributed by atoms with van der Waals surface area (Å²) >= 11 is 0. The van der Waals surface area contributed by atoms with E-state index in [1.54, 1.807) is 0 Å². The van der Waals surface area contributed by atoms with Crippen LogP contribution < -0.4 is 15.8 Å². The van der Waals surface area contributed by atoms with Crippen LogP contribution in [0.3, 0.4) is 0 Å². The zero-order valence-corrected chi connectivity index (χ0v) is 16.3. The number of ether oxygens (including phenoxy) is 1. The van der Waals surface area contributed by atoms with Crippen molar-refractivity contribution < 1.29 is 9.84 Å².